The fourth-order valence-corrected chi connectivity index (χ4v) is 1.39. The molecule has 3 N–H and O–H groups in total. The Morgan fingerprint density at radius 1 is 1.54 bits per heavy atom. The second-order valence-corrected chi connectivity index (χ2v) is 3.30. The molecule has 0 fully saturated rings. The van der Waals surface area contributed by atoms with Crippen LogP contribution in [0.3, 0.4) is 0 Å². The SMILES string of the molecule is CNC(N)c1cc(F)c(C)cc1Cl. The zero-order valence-corrected chi connectivity index (χ0v) is 8.32. The largest absolute Gasteiger partial charge is 0.312 e. The summed E-state index contributed by atoms with van der Waals surface area (Å²) >= 11 is 5.89. The van der Waals surface area contributed by atoms with Crippen molar-refractivity contribution < 1.29 is 4.39 Å². The van der Waals surface area contributed by atoms with Crippen LogP contribution in [0.2, 0.25) is 5.02 Å². The second-order valence-electron chi connectivity index (χ2n) is 2.89. The average Bonchev–Trinajstić information content (AvgIpc) is 2.10. The predicted molar refractivity (Wildman–Crippen MR) is 52.1 cm³/mol. The quantitative estimate of drug-likeness (QED) is 0.720. The summed E-state index contributed by atoms with van der Waals surface area (Å²) < 4.78 is 13.1. The Hall–Kier alpha value is -0.640. The molecule has 0 radical (unpaired) electrons. The van der Waals surface area contributed by atoms with Crippen molar-refractivity contribution in [2.75, 3.05) is 7.05 Å². The number of rotatable bonds is 2. The molecule has 2 nitrogen and oxygen atoms in total. The third-order valence-corrected chi connectivity index (χ3v) is 2.25. The Morgan fingerprint density at radius 3 is 2.69 bits per heavy atom. The molecule has 1 atom stereocenters. The predicted octanol–water partition coefficient (Wildman–Crippen LogP) is 1.96. The van der Waals surface area contributed by atoms with Crippen molar-refractivity contribution >= 4 is 11.6 Å². The van der Waals surface area contributed by atoms with Crippen LogP contribution in [0.1, 0.15) is 17.3 Å². The Labute approximate surface area is 81.9 Å². The summed E-state index contributed by atoms with van der Waals surface area (Å²) in [5, 5.41) is 3.28. The zero-order chi connectivity index (χ0) is 10.0. The van der Waals surface area contributed by atoms with Crippen molar-refractivity contribution in [3.8, 4) is 0 Å². The summed E-state index contributed by atoms with van der Waals surface area (Å²) in [5.74, 6) is -0.287. The fraction of sp³-hybridized carbons (Fsp3) is 0.333. The van der Waals surface area contributed by atoms with Crippen molar-refractivity contribution in [3.63, 3.8) is 0 Å². The van der Waals surface area contributed by atoms with E-state index in [9.17, 15) is 4.39 Å². The Balaban J connectivity index is 3.15. The van der Waals surface area contributed by atoms with Gasteiger partial charge in [-0.25, -0.2) is 4.39 Å². The van der Waals surface area contributed by atoms with E-state index >= 15 is 0 Å². The number of nitrogens with two attached hydrogens (primary N) is 1. The van der Waals surface area contributed by atoms with Crippen LogP contribution in [0.15, 0.2) is 12.1 Å². The number of benzene rings is 1. The highest BCUT2D eigenvalue weighted by Gasteiger charge is 2.10. The van der Waals surface area contributed by atoms with Gasteiger partial charge in [0.2, 0.25) is 0 Å². The topological polar surface area (TPSA) is 38.0 Å². The number of hydrogen-bond acceptors (Lipinski definition) is 2. The van der Waals surface area contributed by atoms with Crippen LogP contribution < -0.4 is 11.1 Å². The van der Waals surface area contributed by atoms with Crippen molar-refractivity contribution in [2.45, 2.75) is 13.1 Å². The van der Waals surface area contributed by atoms with Gasteiger partial charge in [-0.3, -0.25) is 0 Å². The van der Waals surface area contributed by atoms with Crippen LogP contribution in [0, 0.1) is 12.7 Å². The molecule has 0 amide bonds. The summed E-state index contributed by atoms with van der Waals surface area (Å²) in [6.07, 6.45) is -0.428. The molecule has 0 spiro atoms. The first-order chi connectivity index (χ1) is 6.06. The molecule has 0 aliphatic rings. The van der Waals surface area contributed by atoms with Crippen LogP contribution in [-0.4, -0.2) is 7.05 Å². The van der Waals surface area contributed by atoms with E-state index in [4.69, 9.17) is 17.3 Å². The van der Waals surface area contributed by atoms with Crippen molar-refractivity contribution in [2.24, 2.45) is 5.73 Å². The Morgan fingerprint density at radius 2 is 2.15 bits per heavy atom. The molecular formula is C9H12ClFN2. The van der Waals surface area contributed by atoms with Gasteiger partial charge in [0, 0.05) is 10.6 Å². The van der Waals surface area contributed by atoms with E-state index in [1.165, 1.54) is 6.07 Å². The molecule has 0 heterocycles. The Kier molecular flexibility index (Phi) is 3.25. The van der Waals surface area contributed by atoms with Crippen LogP contribution in [-0.2, 0) is 0 Å². The number of aryl methyl sites for hydroxylation is 1. The lowest BCUT2D eigenvalue weighted by atomic mass is 10.1. The number of hydrogen-bond donors (Lipinski definition) is 2. The average molecular weight is 203 g/mol. The van der Waals surface area contributed by atoms with Gasteiger partial charge in [0.15, 0.2) is 0 Å². The van der Waals surface area contributed by atoms with Crippen LogP contribution in [0.25, 0.3) is 0 Å². The van der Waals surface area contributed by atoms with Crippen molar-refractivity contribution in [3.05, 3.63) is 34.1 Å². The number of halogens is 2. The Bertz CT molecular complexity index is 315. The molecule has 4 heteroatoms. The summed E-state index contributed by atoms with van der Waals surface area (Å²) in [4.78, 5) is 0. The van der Waals surface area contributed by atoms with Crippen molar-refractivity contribution in [1.29, 1.82) is 0 Å². The molecule has 0 aromatic heterocycles. The molecule has 13 heavy (non-hydrogen) atoms. The van der Waals surface area contributed by atoms with Gasteiger partial charge in [-0.15, -0.1) is 0 Å². The van der Waals surface area contributed by atoms with E-state index in [1.54, 1.807) is 20.0 Å². The molecule has 0 saturated carbocycles. The minimum absolute atomic E-state index is 0.287. The molecule has 0 saturated heterocycles. The lowest BCUT2D eigenvalue weighted by Gasteiger charge is -2.13. The summed E-state index contributed by atoms with van der Waals surface area (Å²) in [5.41, 5.74) is 6.75. The monoisotopic (exact) mass is 202 g/mol. The normalized spacial score (nSPS) is 13.0. The first kappa shape index (κ1) is 10.4. The second kappa shape index (κ2) is 4.05. The standard InChI is InChI=1S/C9H12ClFN2/c1-5-3-7(10)6(4-8(5)11)9(12)13-2/h3-4,9,13H,12H2,1-2H3. The maximum Gasteiger partial charge on any atom is 0.126 e. The van der Waals surface area contributed by atoms with Gasteiger partial charge < -0.3 is 11.1 Å². The van der Waals surface area contributed by atoms with E-state index in [2.05, 4.69) is 5.32 Å². The van der Waals surface area contributed by atoms with Crippen LogP contribution in [0.4, 0.5) is 4.39 Å². The number of nitrogens with one attached hydrogen (secondary N) is 1. The van der Waals surface area contributed by atoms with Gasteiger partial charge in [0.1, 0.15) is 5.82 Å². The van der Waals surface area contributed by atoms with Gasteiger partial charge in [-0.2, -0.15) is 0 Å². The van der Waals surface area contributed by atoms with Gasteiger partial charge >= 0.3 is 0 Å². The summed E-state index contributed by atoms with van der Waals surface area (Å²) in [6.45, 7) is 1.66. The first-order valence-corrected chi connectivity index (χ1v) is 4.32. The maximum absolute atomic E-state index is 13.1. The van der Waals surface area contributed by atoms with Gasteiger partial charge in [-0.1, -0.05) is 11.6 Å². The van der Waals surface area contributed by atoms with Crippen LogP contribution in [0.5, 0.6) is 0 Å². The molecule has 1 rings (SSSR count). The lowest BCUT2D eigenvalue weighted by molar-refractivity contribution is 0.591. The molecule has 72 valence electrons. The molecule has 1 unspecified atom stereocenters. The molecular weight excluding hydrogens is 191 g/mol. The van der Waals surface area contributed by atoms with E-state index in [0.29, 0.717) is 16.1 Å². The van der Waals surface area contributed by atoms with E-state index < -0.39 is 6.17 Å². The first-order valence-electron chi connectivity index (χ1n) is 3.94. The lowest BCUT2D eigenvalue weighted by Crippen LogP contribution is -2.25. The summed E-state index contributed by atoms with van der Waals surface area (Å²) in [6, 6.07) is 2.93. The minimum atomic E-state index is -0.428. The van der Waals surface area contributed by atoms with E-state index in [-0.39, 0.29) is 5.82 Å². The third-order valence-electron chi connectivity index (χ3n) is 1.92. The smallest absolute Gasteiger partial charge is 0.126 e. The molecule has 1 aromatic carbocycles. The van der Waals surface area contributed by atoms with Crippen LogP contribution >= 0.6 is 11.6 Å². The third kappa shape index (κ3) is 2.18. The van der Waals surface area contributed by atoms with E-state index in [0.717, 1.165) is 0 Å². The summed E-state index contributed by atoms with van der Waals surface area (Å²) in [7, 11) is 1.69. The van der Waals surface area contributed by atoms with Gasteiger partial charge in [0.05, 0.1) is 6.17 Å². The molecule has 1 aromatic rings. The minimum Gasteiger partial charge on any atom is -0.312 e. The molecule has 0 aliphatic heterocycles. The maximum atomic E-state index is 13.1. The highest BCUT2D eigenvalue weighted by atomic mass is 35.5. The van der Waals surface area contributed by atoms with Gasteiger partial charge in [0.25, 0.3) is 0 Å². The fourth-order valence-electron chi connectivity index (χ4n) is 1.06. The van der Waals surface area contributed by atoms with E-state index in [1.807, 2.05) is 0 Å². The zero-order valence-electron chi connectivity index (χ0n) is 7.57. The highest BCUT2D eigenvalue weighted by molar-refractivity contribution is 6.31. The highest BCUT2D eigenvalue weighted by Crippen LogP contribution is 2.23. The van der Waals surface area contributed by atoms with Gasteiger partial charge in [-0.05, 0) is 31.7 Å². The molecule has 0 bridgehead atoms. The van der Waals surface area contributed by atoms with Crippen molar-refractivity contribution in [1.82, 2.24) is 5.32 Å². The molecule has 0 aliphatic carbocycles.